The summed E-state index contributed by atoms with van der Waals surface area (Å²) in [5.74, 6) is 1.25. The molecule has 122 valence electrons. The van der Waals surface area contributed by atoms with Gasteiger partial charge in [-0.1, -0.05) is 12.1 Å². The summed E-state index contributed by atoms with van der Waals surface area (Å²) in [6, 6.07) is 12.9. The van der Waals surface area contributed by atoms with Crippen LogP contribution in [0.25, 0.3) is 0 Å². The van der Waals surface area contributed by atoms with Gasteiger partial charge in [0.2, 0.25) is 0 Å². The van der Waals surface area contributed by atoms with E-state index in [0.717, 1.165) is 11.3 Å². The van der Waals surface area contributed by atoms with Crippen LogP contribution in [0.2, 0.25) is 0 Å². The third kappa shape index (κ3) is 4.16. The number of anilines is 2. The lowest BCUT2D eigenvalue weighted by atomic mass is 10.2. The first-order valence-electron chi connectivity index (χ1n) is 7.45. The van der Waals surface area contributed by atoms with Crippen molar-refractivity contribution in [2.24, 2.45) is 0 Å². The Morgan fingerprint density at radius 1 is 1.09 bits per heavy atom. The van der Waals surface area contributed by atoms with Gasteiger partial charge >= 0.3 is 6.03 Å². The van der Waals surface area contributed by atoms with E-state index in [2.05, 4.69) is 5.32 Å². The molecule has 0 spiro atoms. The summed E-state index contributed by atoms with van der Waals surface area (Å²) in [6.45, 7) is 4.51. The largest absolute Gasteiger partial charge is 0.497 e. The maximum atomic E-state index is 12.6. The molecule has 2 rings (SSSR count). The second-order valence-electron chi connectivity index (χ2n) is 5.11. The quantitative estimate of drug-likeness (QED) is 0.905. The Morgan fingerprint density at radius 3 is 2.26 bits per heavy atom. The van der Waals surface area contributed by atoms with Crippen LogP contribution >= 0.6 is 0 Å². The highest BCUT2D eigenvalue weighted by atomic mass is 16.5. The standard InChI is InChI=1S/C18H22N2O3/c1-5-20(15-8-6-7-13(2)9-15)18(21)19-14-10-16(22-3)12-17(11-14)23-4/h6-12H,5H2,1-4H3,(H,19,21). The number of ether oxygens (including phenoxy) is 2. The number of carbonyl (C=O) groups is 1. The van der Waals surface area contributed by atoms with Crippen LogP contribution in [0.15, 0.2) is 42.5 Å². The van der Waals surface area contributed by atoms with Crippen LogP contribution in [0.4, 0.5) is 16.2 Å². The Bertz CT molecular complexity index is 663. The van der Waals surface area contributed by atoms with Gasteiger partial charge in [0, 0.05) is 36.1 Å². The molecule has 1 N–H and O–H groups in total. The number of rotatable bonds is 5. The average Bonchev–Trinajstić information content (AvgIpc) is 2.55. The predicted molar refractivity (Wildman–Crippen MR) is 92.8 cm³/mol. The number of nitrogens with one attached hydrogen (secondary N) is 1. The normalized spacial score (nSPS) is 10.1. The zero-order valence-electron chi connectivity index (χ0n) is 13.9. The van der Waals surface area contributed by atoms with E-state index < -0.39 is 0 Å². The zero-order chi connectivity index (χ0) is 16.8. The summed E-state index contributed by atoms with van der Waals surface area (Å²) in [5.41, 5.74) is 2.59. The molecule has 0 aromatic heterocycles. The van der Waals surface area contributed by atoms with Crippen molar-refractivity contribution in [2.75, 3.05) is 31.0 Å². The number of amides is 2. The van der Waals surface area contributed by atoms with Gasteiger partial charge in [-0.3, -0.25) is 4.90 Å². The zero-order valence-corrected chi connectivity index (χ0v) is 13.9. The van der Waals surface area contributed by atoms with Crippen molar-refractivity contribution in [1.82, 2.24) is 0 Å². The van der Waals surface area contributed by atoms with Crippen molar-refractivity contribution in [3.05, 3.63) is 48.0 Å². The van der Waals surface area contributed by atoms with Gasteiger partial charge in [-0.05, 0) is 31.5 Å². The molecular weight excluding hydrogens is 292 g/mol. The number of nitrogens with zero attached hydrogens (tertiary/aromatic N) is 1. The van der Waals surface area contributed by atoms with Gasteiger partial charge in [-0.25, -0.2) is 4.79 Å². The minimum absolute atomic E-state index is 0.201. The van der Waals surface area contributed by atoms with Crippen molar-refractivity contribution in [2.45, 2.75) is 13.8 Å². The summed E-state index contributed by atoms with van der Waals surface area (Å²) < 4.78 is 10.4. The fourth-order valence-electron chi connectivity index (χ4n) is 2.31. The molecule has 0 aliphatic heterocycles. The Morgan fingerprint density at radius 2 is 1.74 bits per heavy atom. The van der Waals surface area contributed by atoms with Crippen LogP contribution in [-0.4, -0.2) is 26.8 Å². The lowest BCUT2D eigenvalue weighted by molar-refractivity contribution is 0.257. The molecule has 0 saturated carbocycles. The Kier molecular flexibility index (Phi) is 5.46. The average molecular weight is 314 g/mol. The lowest BCUT2D eigenvalue weighted by Crippen LogP contribution is -2.34. The van der Waals surface area contributed by atoms with E-state index >= 15 is 0 Å². The number of aryl methyl sites for hydroxylation is 1. The molecule has 0 saturated heterocycles. The molecule has 0 bridgehead atoms. The molecule has 0 aliphatic carbocycles. The second kappa shape index (κ2) is 7.54. The molecule has 2 amide bonds. The van der Waals surface area contributed by atoms with Crippen molar-refractivity contribution >= 4 is 17.4 Å². The molecule has 0 aliphatic rings. The minimum Gasteiger partial charge on any atom is -0.497 e. The van der Waals surface area contributed by atoms with Gasteiger partial charge in [-0.15, -0.1) is 0 Å². The number of hydrogen-bond donors (Lipinski definition) is 1. The van der Waals surface area contributed by atoms with E-state index in [1.54, 1.807) is 37.3 Å². The first-order valence-corrected chi connectivity index (χ1v) is 7.45. The Hall–Kier alpha value is -2.69. The molecular formula is C18H22N2O3. The molecule has 2 aromatic carbocycles. The fraction of sp³-hybridized carbons (Fsp3) is 0.278. The van der Waals surface area contributed by atoms with Crippen molar-refractivity contribution in [1.29, 1.82) is 0 Å². The lowest BCUT2D eigenvalue weighted by Gasteiger charge is -2.22. The van der Waals surface area contributed by atoms with Crippen molar-refractivity contribution < 1.29 is 14.3 Å². The molecule has 0 atom stereocenters. The molecule has 5 heteroatoms. The van der Waals surface area contributed by atoms with Crippen LogP contribution < -0.4 is 19.7 Å². The highest BCUT2D eigenvalue weighted by Crippen LogP contribution is 2.26. The molecule has 0 radical (unpaired) electrons. The van der Waals surface area contributed by atoms with Crippen LogP contribution in [0.1, 0.15) is 12.5 Å². The number of carbonyl (C=O) groups excluding carboxylic acids is 1. The molecule has 23 heavy (non-hydrogen) atoms. The van der Waals surface area contributed by atoms with E-state index in [0.29, 0.717) is 23.7 Å². The van der Waals surface area contributed by atoms with Crippen LogP contribution in [0.3, 0.4) is 0 Å². The summed E-state index contributed by atoms with van der Waals surface area (Å²) >= 11 is 0. The summed E-state index contributed by atoms with van der Waals surface area (Å²) in [4.78, 5) is 14.3. The maximum absolute atomic E-state index is 12.6. The van der Waals surface area contributed by atoms with E-state index in [4.69, 9.17) is 9.47 Å². The van der Waals surface area contributed by atoms with Crippen molar-refractivity contribution in [3.63, 3.8) is 0 Å². The molecule has 0 unspecified atom stereocenters. The highest BCUT2D eigenvalue weighted by Gasteiger charge is 2.15. The van der Waals surface area contributed by atoms with Gasteiger partial charge in [0.25, 0.3) is 0 Å². The minimum atomic E-state index is -0.201. The molecule has 0 heterocycles. The molecule has 5 nitrogen and oxygen atoms in total. The van der Waals surface area contributed by atoms with Crippen LogP contribution in [0, 0.1) is 6.92 Å². The van der Waals surface area contributed by atoms with E-state index in [1.165, 1.54) is 0 Å². The van der Waals surface area contributed by atoms with E-state index in [1.807, 2.05) is 38.1 Å². The molecule has 0 fully saturated rings. The Balaban J connectivity index is 2.23. The topological polar surface area (TPSA) is 50.8 Å². The first-order chi connectivity index (χ1) is 11.1. The van der Waals surface area contributed by atoms with Gasteiger partial charge in [0.05, 0.1) is 14.2 Å². The smallest absolute Gasteiger partial charge is 0.326 e. The number of urea groups is 1. The van der Waals surface area contributed by atoms with E-state index in [-0.39, 0.29) is 6.03 Å². The van der Waals surface area contributed by atoms with Gasteiger partial charge in [-0.2, -0.15) is 0 Å². The Labute approximate surface area is 136 Å². The maximum Gasteiger partial charge on any atom is 0.326 e. The fourth-order valence-corrected chi connectivity index (χ4v) is 2.31. The third-order valence-electron chi connectivity index (χ3n) is 3.48. The van der Waals surface area contributed by atoms with Crippen molar-refractivity contribution in [3.8, 4) is 11.5 Å². The van der Waals surface area contributed by atoms with E-state index in [9.17, 15) is 4.79 Å². The monoisotopic (exact) mass is 314 g/mol. The third-order valence-corrected chi connectivity index (χ3v) is 3.48. The summed E-state index contributed by atoms with van der Waals surface area (Å²) in [5, 5.41) is 2.89. The summed E-state index contributed by atoms with van der Waals surface area (Å²) in [7, 11) is 3.15. The van der Waals surface area contributed by atoms with Crippen LogP contribution in [-0.2, 0) is 0 Å². The van der Waals surface area contributed by atoms with Gasteiger partial charge in [0.15, 0.2) is 0 Å². The SMILES string of the molecule is CCN(C(=O)Nc1cc(OC)cc(OC)c1)c1cccc(C)c1. The summed E-state index contributed by atoms with van der Waals surface area (Å²) in [6.07, 6.45) is 0. The second-order valence-corrected chi connectivity index (χ2v) is 5.11. The molecule has 2 aromatic rings. The van der Waals surface area contributed by atoms with Gasteiger partial charge in [0.1, 0.15) is 11.5 Å². The highest BCUT2D eigenvalue weighted by molar-refractivity contribution is 6.01. The number of benzene rings is 2. The predicted octanol–water partition coefficient (Wildman–Crippen LogP) is 4.07. The first kappa shape index (κ1) is 16.7. The number of hydrogen-bond acceptors (Lipinski definition) is 3. The van der Waals surface area contributed by atoms with Crippen LogP contribution in [0.5, 0.6) is 11.5 Å². The van der Waals surface area contributed by atoms with Gasteiger partial charge < -0.3 is 14.8 Å². The number of methoxy groups -OCH3 is 2.